The predicted molar refractivity (Wildman–Crippen MR) is 75.1 cm³/mol. The number of halogens is 3. The highest BCUT2D eigenvalue weighted by molar-refractivity contribution is 5.49. The van der Waals surface area contributed by atoms with E-state index in [0.717, 1.165) is 12.8 Å². The van der Waals surface area contributed by atoms with Gasteiger partial charge in [0.05, 0.1) is 18.0 Å². The van der Waals surface area contributed by atoms with Crippen LogP contribution < -0.4 is 4.74 Å². The number of alkyl halides is 3. The van der Waals surface area contributed by atoms with Gasteiger partial charge in [-0.25, -0.2) is 0 Å². The SMILES string of the molecule is CCCCc1nc(C2(C)CO2)cc2c1OCC2(C)C(F)(F)F. The highest BCUT2D eigenvalue weighted by atomic mass is 19.4. The lowest BCUT2D eigenvalue weighted by atomic mass is 9.82. The minimum atomic E-state index is -4.36. The number of epoxide rings is 1. The predicted octanol–water partition coefficient (Wildman–Crippen LogP) is 3.88. The molecule has 22 heavy (non-hydrogen) atoms. The molecule has 0 radical (unpaired) electrons. The molecule has 3 heterocycles. The van der Waals surface area contributed by atoms with Crippen LogP contribution in [-0.4, -0.2) is 24.4 Å². The van der Waals surface area contributed by atoms with E-state index < -0.39 is 17.2 Å². The minimum absolute atomic E-state index is 0.202. The Morgan fingerprint density at radius 1 is 1.27 bits per heavy atom. The van der Waals surface area contributed by atoms with E-state index in [1.165, 1.54) is 13.0 Å². The van der Waals surface area contributed by atoms with Gasteiger partial charge in [-0.05, 0) is 32.8 Å². The van der Waals surface area contributed by atoms with Gasteiger partial charge < -0.3 is 9.47 Å². The zero-order valence-corrected chi connectivity index (χ0v) is 13.0. The summed E-state index contributed by atoms with van der Waals surface area (Å²) in [7, 11) is 0. The van der Waals surface area contributed by atoms with Gasteiger partial charge in [-0.3, -0.25) is 4.98 Å². The van der Waals surface area contributed by atoms with Crippen LogP contribution in [0.25, 0.3) is 0 Å². The Kier molecular flexibility index (Phi) is 3.43. The van der Waals surface area contributed by atoms with Crippen molar-refractivity contribution < 1.29 is 22.6 Å². The molecule has 122 valence electrons. The fourth-order valence-electron chi connectivity index (χ4n) is 2.73. The summed E-state index contributed by atoms with van der Waals surface area (Å²) in [6, 6.07) is 1.53. The fraction of sp³-hybridized carbons (Fsp3) is 0.688. The molecule has 1 fully saturated rings. The molecule has 0 amide bonds. The minimum Gasteiger partial charge on any atom is -0.490 e. The lowest BCUT2D eigenvalue weighted by Crippen LogP contribution is -2.41. The van der Waals surface area contributed by atoms with Gasteiger partial charge in [0.15, 0.2) is 0 Å². The van der Waals surface area contributed by atoms with Crippen molar-refractivity contribution in [1.82, 2.24) is 4.98 Å². The van der Waals surface area contributed by atoms with E-state index in [-0.39, 0.29) is 12.2 Å². The number of hydrogen-bond acceptors (Lipinski definition) is 3. The molecule has 6 heteroatoms. The first-order valence-electron chi connectivity index (χ1n) is 7.59. The summed E-state index contributed by atoms with van der Waals surface area (Å²) in [6.07, 6.45) is -1.92. The average Bonchev–Trinajstić information content (AvgIpc) is 3.10. The number of ether oxygens (including phenoxy) is 2. The molecule has 0 spiro atoms. The Morgan fingerprint density at radius 3 is 2.50 bits per heavy atom. The molecule has 1 saturated heterocycles. The molecule has 2 aliphatic heterocycles. The highest BCUT2D eigenvalue weighted by Gasteiger charge is 2.58. The van der Waals surface area contributed by atoms with Crippen molar-refractivity contribution in [3.05, 3.63) is 23.0 Å². The quantitative estimate of drug-likeness (QED) is 0.791. The lowest BCUT2D eigenvalue weighted by molar-refractivity contribution is -0.187. The highest BCUT2D eigenvalue weighted by Crippen LogP contribution is 2.51. The van der Waals surface area contributed by atoms with Crippen LogP contribution in [0.1, 0.15) is 50.6 Å². The Bertz CT molecular complexity index is 596. The molecule has 2 unspecified atom stereocenters. The Labute approximate surface area is 127 Å². The number of hydrogen-bond donors (Lipinski definition) is 0. The maximum absolute atomic E-state index is 13.5. The second-order valence-corrected chi connectivity index (χ2v) is 6.57. The Balaban J connectivity index is 2.11. The zero-order valence-electron chi connectivity index (χ0n) is 13.0. The largest absolute Gasteiger partial charge is 0.490 e. The zero-order chi connectivity index (χ0) is 16.2. The number of unbranched alkanes of at least 4 members (excludes halogenated alkanes) is 1. The van der Waals surface area contributed by atoms with Crippen molar-refractivity contribution in [2.75, 3.05) is 13.2 Å². The number of aryl methyl sites for hydroxylation is 1. The van der Waals surface area contributed by atoms with Gasteiger partial charge >= 0.3 is 6.18 Å². The van der Waals surface area contributed by atoms with Crippen molar-refractivity contribution in [2.24, 2.45) is 0 Å². The van der Waals surface area contributed by atoms with Crippen molar-refractivity contribution in [3.63, 3.8) is 0 Å². The summed E-state index contributed by atoms with van der Waals surface area (Å²) >= 11 is 0. The molecule has 2 aliphatic rings. The molecular weight excluding hydrogens is 295 g/mol. The van der Waals surface area contributed by atoms with E-state index in [1.807, 2.05) is 13.8 Å². The third-order valence-electron chi connectivity index (χ3n) is 4.65. The van der Waals surface area contributed by atoms with E-state index in [1.54, 1.807) is 0 Å². The number of pyridine rings is 1. The van der Waals surface area contributed by atoms with Crippen molar-refractivity contribution >= 4 is 0 Å². The smallest absolute Gasteiger partial charge is 0.401 e. The molecule has 3 rings (SSSR count). The second-order valence-electron chi connectivity index (χ2n) is 6.57. The fourth-order valence-corrected chi connectivity index (χ4v) is 2.73. The molecule has 0 saturated carbocycles. The van der Waals surface area contributed by atoms with Crippen LogP contribution in [-0.2, 0) is 22.2 Å². The lowest BCUT2D eigenvalue weighted by Gasteiger charge is -2.26. The van der Waals surface area contributed by atoms with Crippen LogP contribution in [0.5, 0.6) is 5.75 Å². The molecule has 2 atom stereocenters. The van der Waals surface area contributed by atoms with Gasteiger partial charge in [0, 0.05) is 5.56 Å². The van der Waals surface area contributed by atoms with Gasteiger partial charge in [-0.15, -0.1) is 0 Å². The first kappa shape index (κ1) is 15.6. The third-order valence-corrected chi connectivity index (χ3v) is 4.65. The van der Waals surface area contributed by atoms with Crippen molar-refractivity contribution in [1.29, 1.82) is 0 Å². The van der Waals surface area contributed by atoms with Crippen molar-refractivity contribution in [3.8, 4) is 5.75 Å². The molecule has 0 aliphatic carbocycles. The summed E-state index contributed by atoms with van der Waals surface area (Å²) in [5, 5.41) is 0. The molecular formula is C16H20F3NO2. The number of rotatable bonds is 4. The third kappa shape index (κ3) is 2.28. The van der Waals surface area contributed by atoms with Crippen LogP contribution in [0.15, 0.2) is 6.07 Å². The van der Waals surface area contributed by atoms with Gasteiger partial charge in [0.1, 0.15) is 23.4 Å². The van der Waals surface area contributed by atoms with E-state index >= 15 is 0 Å². The molecule has 0 aromatic carbocycles. The van der Waals surface area contributed by atoms with Gasteiger partial charge in [0.2, 0.25) is 0 Å². The standard InChI is InChI=1S/C16H20F3NO2/c1-4-5-6-11-13-10(7-12(20-11)15(3)9-22-15)14(2,8-21-13)16(17,18)19/h7H,4-6,8-9H2,1-3H3. The van der Waals surface area contributed by atoms with Crippen molar-refractivity contribution in [2.45, 2.75) is 57.2 Å². The molecule has 1 aromatic heterocycles. The van der Waals surface area contributed by atoms with Crippen LogP contribution in [0.4, 0.5) is 13.2 Å². The summed E-state index contributed by atoms with van der Waals surface area (Å²) in [6.45, 7) is 5.20. The molecule has 0 N–H and O–H groups in total. The average molecular weight is 315 g/mol. The number of aromatic nitrogens is 1. The first-order chi connectivity index (χ1) is 10.2. The summed E-state index contributed by atoms with van der Waals surface area (Å²) in [4.78, 5) is 4.55. The maximum atomic E-state index is 13.5. The van der Waals surface area contributed by atoms with Gasteiger partial charge in [-0.1, -0.05) is 13.3 Å². The van der Waals surface area contributed by atoms with Crippen LogP contribution >= 0.6 is 0 Å². The molecule has 3 nitrogen and oxygen atoms in total. The number of fused-ring (bicyclic) bond motifs is 1. The van der Waals surface area contributed by atoms with Gasteiger partial charge in [-0.2, -0.15) is 13.2 Å². The van der Waals surface area contributed by atoms with E-state index in [2.05, 4.69) is 4.98 Å². The maximum Gasteiger partial charge on any atom is 0.401 e. The van der Waals surface area contributed by atoms with Crippen LogP contribution in [0, 0.1) is 0 Å². The number of nitrogens with zero attached hydrogens (tertiary/aromatic N) is 1. The topological polar surface area (TPSA) is 34.7 Å². The van der Waals surface area contributed by atoms with E-state index in [4.69, 9.17) is 9.47 Å². The monoisotopic (exact) mass is 315 g/mol. The summed E-state index contributed by atoms with van der Waals surface area (Å²) in [5.41, 5.74) is -1.12. The van der Waals surface area contributed by atoms with E-state index in [9.17, 15) is 13.2 Å². The van der Waals surface area contributed by atoms with Crippen LogP contribution in [0.2, 0.25) is 0 Å². The van der Waals surface area contributed by atoms with Gasteiger partial charge in [0.25, 0.3) is 0 Å². The Hall–Kier alpha value is -1.30. The normalized spacial score (nSPS) is 30.1. The second kappa shape index (κ2) is 4.85. The molecule has 1 aromatic rings. The van der Waals surface area contributed by atoms with E-state index in [0.29, 0.717) is 30.2 Å². The molecule has 0 bridgehead atoms. The van der Waals surface area contributed by atoms with Crippen LogP contribution in [0.3, 0.4) is 0 Å². The Morgan fingerprint density at radius 2 is 1.95 bits per heavy atom. The summed E-state index contributed by atoms with van der Waals surface area (Å²) < 4.78 is 51.4. The summed E-state index contributed by atoms with van der Waals surface area (Å²) in [5.74, 6) is 0.321. The first-order valence-corrected chi connectivity index (χ1v) is 7.59.